The van der Waals surface area contributed by atoms with Gasteiger partial charge in [0.25, 0.3) is 0 Å². The second-order valence-corrected chi connectivity index (χ2v) is 6.27. The summed E-state index contributed by atoms with van der Waals surface area (Å²) in [4.78, 5) is 0. The third kappa shape index (κ3) is 1.51. The Hall–Kier alpha value is -0.760. The third-order valence-electron chi connectivity index (χ3n) is 4.28. The van der Waals surface area contributed by atoms with Crippen LogP contribution in [0.4, 0.5) is 0 Å². The Balaban J connectivity index is 1.99. The summed E-state index contributed by atoms with van der Waals surface area (Å²) in [5, 5.41) is 10.2. The van der Waals surface area contributed by atoms with Crippen molar-refractivity contribution in [1.82, 2.24) is 4.57 Å². The zero-order chi connectivity index (χ0) is 11.3. The highest BCUT2D eigenvalue weighted by Gasteiger charge is 2.34. The van der Waals surface area contributed by atoms with Gasteiger partial charge in [-0.15, -0.1) is 0 Å². The fourth-order valence-corrected chi connectivity index (χ4v) is 3.16. The van der Waals surface area contributed by atoms with Crippen LogP contribution < -0.4 is 0 Å². The van der Waals surface area contributed by atoms with Crippen LogP contribution in [0.15, 0.2) is 12.3 Å². The molecule has 1 aromatic heterocycles. The molecule has 0 aliphatic heterocycles. The molecule has 0 aromatic carbocycles. The highest BCUT2D eigenvalue weighted by atomic mass is 16.3. The number of aromatic nitrogens is 1. The molecule has 1 saturated carbocycles. The number of hydrogen-bond acceptors (Lipinski definition) is 1. The molecule has 88 valence electrons. The van der Waals surface area contributed by atoms with E-state index in [1.807, 2.05) is 0 Å². The fourth-order valence-electron chi connectivity index (χ4n) is 3.16. The molecule has 3 rings (SSSR count). The van der Waals surface area contributed by atoms with E-state index in [1.165, 1.54) is 30.5 Å². The van der Waals surface area contributed by atoms with Gasteiger partial charge in [-0.1, -0.05) is 13.8 Å². The molecule has 1 atom stereocenters. The van der Waals surface area contributed by atoms with Gasteiger partial charge in [-0.25, -0.2) is 0 Å². The van der Waals surface area contributed by atoms with Gasteiger partial charge in [-0.3, -0.25) is 0 Å². The van der Waals surface area contributed by atoms with Crippen LogP contribution in [0, 0.1) is 5.41 Å². The van der Waals surface area contributed by atoms with E-state index in [9.17, 15) is 5.11 Å². The lowest BCUT2D eigenvalue weighted by molar-refractivity contribution is 0.0965. The van der Waals surface area contributed by atoms with Gasteiger partial charge in [-0.2, -0.15) is 0 Å². The Kier molecular flexibility index (Phi) is 2.19. The first kappa shape index (κ1) is 10.4. The maximum absolute atomic E-state index is 10.2. The highest BCUT2D eigenvalue weighted by Crippen LogP contribution is 2.44. The largest absolute Gasteiger partial charge is 0.388 e. The summed E-state index contributed by atoms with van der Waals surface area (Å²) in [5.74, 6) is 0. The number of hydrogen-bond donors (Lipinski definition) is 1. The minimum Gasteiger partial charge on any atom is -0.388 e. The van der Waals surface area contributed by atoms with Crippen LogP contribution in [0.1, 0.15) is 62.9 Å². The Morgan fingerprint density at radius 2 is 2.12 bits per heavy atom. The molecule has 1 N–H and O–H groups in total. The fraction of sp³-hybridized carbons (Fsp3) is 0.714. The van der Waals surface area contributed by atoms with Gasteiger partial charge in [0, 0.05) is 23.5 Å². The minimum absolute atomic E-state index is 0.242. The second kappa shape index (κ2) is 3.36. The van der Waals surface area contributed by atoms with Gasteiger partial charge < -0.3 is 9.67 Å². The van der Waals surface area contributed by atoms with Gasteiger partial charge in [0.15, 0.2) is 0 Å². The molecular weight excluding hydrogens is 198 g/mol. The molecule has 1 unspecified atom stereocenters. The van der Waals surface area contributed by atoms with Gasteiger partial charge in [0.1, 0.15) is 0 Å². The number of nitrogens with zero attached hydrogens (tertiary/aromatic N) is 1. The van der Waals surface area contributed by atoms with Crippen LogP contribution in [0.25, 0.3) is 0 Å². The zero-order valence-electron chi connectivity index (χ0n) is 10.2. The lowest BCUT2D eigenvalue weighted by atomic mass is 9.75. The topological polar surface area (TPSA) is 25.2 Å². The Bertz CT molecular complexity index is 401. The van der Waals surface area contributed by atoms with Crippen molar-refractivity contribution < 1.29 is 5.11 Å². The minimum atomic E-state index is -0.250. The molecule has 0 bridgehead atoms. The smallest absolute Gasteiger partial charge is 0.0812 e. The van der Waals surface area contributed by atoms with Crippen molar-refractivity contribution in [2.24, 2.45) is 5.41 Å². The van der Waals surface area contributed by atoms with Crippen molar-refractivity contribution in [3.8, 4) is 0 Å². The van der Waals surface area contributed by atoms with E-state index in [2.05, 4.69) is 30.7 Å². The van der Waals surface area contributed by atoms with Crippen LogP contribution in [-0.2, 0) is 6.42 Å². The number of rotatable bonds is 1. The molecule has 2 heteroatoms. The van der Waals surface area contributed by atoms with Gasteiger partial charge in [0.05, 0.1) is 6.10 Å². The standard InChI is InChI=1S/C14H21NO/c1-14(2)8-12-11(13(16)9-14)6-7-15(12)10-4-3-5-10/h6-7,10,13,16H,3-5,8-9H2,1-2H3. The van der Waals surface area contributed by atoms with E-state index in [1.54, 1.807) is 0 Å². The summed E-state index contributed by atoms with van der Waals surface area (Å²) in [5.41, 5.74) is 2.83. The van der Waals surface area contributed by atoms with E-state index in [0.717, 1.165) is 12.8 Å². The number of aliphatic hydroxyl groups excluding tert-OH is 1. The maximum Gasteiger partial charge on any atom is 0.0812 e. The molecule has 1 aromatic rings. The predicted molar refractivity (Wildman–Crippen MR) is 64.4 cm³/mol. The maximum atomic E-state index is 10.2. The zero-order valence-corrected chi connectivity index (χ0v) is 10.2. The Morgan fingerprint density at radius 3 is 2.75 bits per heavy atom. The summed E-state index contributed by atoms with van der Waals surface area (Å²) in [6, 6.07) is 2.85. The molecule has 1 fully saturated rings. The number of fused-ring (bicyclic) bond motifs is 1. The van der Waals surface area contributed by atoms with E-state index in [4.69, 9.17) is 0 Å². The quantitative estimate of drug-likeness (QED) is 0.770. The molecule has 2 nitrogen and oxygen atoms in total. The number of aliphatic hydroxyl groups is 1. The van der Waals surface area contributed by atoms with Crippen LogP contribution >= 0.6 is 0 Å². The van der Waals surface area contributed by atoms with Crippen molar-refractivity contribution in [3.05, 3.63) is 23.5 Å². The molecule has 0 saturated heterocycles. The first-order valence-electron chi connectivity index (χ1n) is 6.44. The van der Waals surface area contributed by atoms with Crippen molar-refractivity contribution >= 4 is 0 Å². The summed E-state index contributed by atoms with van der Waals surface area (Å²) in [6.45, 7) is 4.52. The molecular formula is C14H21NO. The Morgan fingerprint density at radius 1 is 1.38 bits per heavy atom. The summed E-state index contributed by atoms with van der Waals surface area (Å²) >= 11 is 0. The second-order valence-electron chi connectivity index (χ2n) is 6.27. The van der Waals surface area contributed by atoms with E-state index >= 15 is 0 Å². The van der Waals surface area contributed by atoms with Crippen LogP contribution in [0.5, 0.6) is 0 Å². The van der Waals surface area contributed by atoms with Crippen molar-refractivity contribution in [2.45, 2.75) is 58.1 Å². The monoisotopic (exact) mass is 219 g/mol. The predicted octanol–water partition coefficient (Wildman–Crippen LogP) is 3.22. The van der Waals surface area contributed by atoms with Gasteiger partial charge >= 0.3 is 0 Å². The van der Waals surface area contributed by atoms with Crippen LogP contribution in [0.2, 0.25) is 0 Å². The van der Waals surface area contributed by atoms with Crippen molar-refractivity contribution in [2.75, 3.05) is 0 Å². The molecule has 0 amide bonds. The van der Waals surface area contributed by atoms with Crippen LogP contribution in [0.3, 0.4) is 0 Å². The van der Waals surface area contributed by atoms with E-state index in [-0.39, 0.29) is 11.5 Å². The summed E-state index contributed by atoms with van der Waals surface area (Å²) in [7, 11) is 0. The average Bonchev–Trinajstić information content (AvgIpc) is 2.44. The molecule has 0 radical (unpaired) electrons. The average molecular weight is 219 g/mol. The van der Waals surface area contributed by atoms with Crippen LogP contribution in [-0.4, -0.2) is 9.67 Å². The van der Waals surface area contributed by atoms with E-state index in [0.29, 0.717) is 6.04 Å². The summed E-state index contributed by atoms with van der Waals surface area (Å²) < 4.78 is 2.43. The van der Waals surface area contributed by atoms with E-state index < -0.39 is 0 Å². The molecule has 2 aliphatic rings. The van der Waals surface area contributed by atoms with Gasteiger partial charge in [-0.05, 0) is 43.6 Å². The highest BCUT2D eigenvalue weighted by molar-refractivity contribution is 5.30. The Labute approximate surface area is 97.3 Å². The molecule has 16 heavy (non-hydrogen) atoms. The first-order chi connectivity index (χ1) is 7.57. The molecule has 2 aliphatic carbocycles. The normalized spacial score (nSPS) is 28.6. The van der Waals surface area contributed by atoms with Crippen molar-refractivity contribution in [3.63, 3.8) is 0 Å². The lowest BCUT2D eigenvalue weighted by Crippen LogP contribution is -2.28. The summed E-state index contributed by atoms with van der Waals surface area (Å²) in [6.07, 6.45) is 7.95. The lowest BCUT2D eigenvalue weighted by Gasteiger charge is -2.37. The molecule has 0 spiro atoms. The first-order valence-corrected chi connectivity index (χ1v) is 6.44. The SMILES string of the molecule is CC1(C)Cc2c(ccn2C2CCC2)C(O)C1. The van der Waals surface area contributed by atoms with Gasteiger partial charge in [0.2, 0.25) is 0 Å². The molecule has 1 heterocycles. The third-order valence-corrected chi connectivity index (χ3v) is 4.28. The van der Waals surface area contributed by atoms with Crippen molar-refractivity contribution in [1.29, 1.82) is 0 Å².